The number of tetrazole rings is 1. The molecule has 180 valence electrons. The van der Waals surface area contributed by atoms with E-state index in [1.165, 1.54) is 0 Å². The van der Waals surface area contributed by atoms with Crippen LogP contribution in [0.15, 0.2) is 72.8 Å². The van der Waals surface area contributed by atoms with Crippen molar-refractivity contribution in [2.24, 2.45) is 0 Å². The predicted molar refractivity (Wildman–Crippen MR) is 135 cm³/mol. The van der Waals surface area contributed by atoms with Crippen molar-refractivity contribution in [1.29, 1.82) is 0 Å². The molecule has 0 unspecified atom stereocenters. The van der Waals surface area contributed by atoms with Crippen molar-refractivity contribution in [3.8, 4) is 33.9 Å². The van der Waals surface area contributed by atoms with E-state index in [-0.39, 0.29) is 6.42 Å². The molecule has 5 aromatic rings. The Labute approximate surface area is 207 Å². The van der Waals surface area contributed by atoms with Gasteiger partial charge >= 0.3 is 5.97 Å². The summed E-state index contributed by atoms with van der Waals surface area (Å²) in [4.78, 5) is 15.8. The van der Waals surface area contributed by atoms with Gasteiger partial charge in [-0.2, -0.15) is 10.3 Å². The Morgan fingerprint density at radius 2 is 1.61 bits per heavy atom. The van der Waals surface area contributed by atoms with Gasteiger partial charge in [-0.15, -0.1) is 10.2 Å². The molecule has 2 N–H and O–H groups in total. The zero-order chi connectivity index (χ0) is 24.9. The lowest BCUT2D eigenvalue weighted by molar-refractivity contribution is -0.136. The van der Waals surface area contributed by atoms with E-state index in [9.17, 15) is 4.79 Å². The van der Waals surface area contributed by atoms with Crippen molar-refractivity contribution in [2.75, 3.05) is 0 Å². The molecule has 9 heteroatoms. The van der Waals surface area contributed by atoms with Crippen LogP contribution in [0.4, 0.5) is 0 Å². The number of nitrogens with zero attached hydrogens (tertiary/aromatic N) is 6. The quantitative estimate of drug-likeness (QED) is 0.321. The summed E-state index contributed by atoms with van der Waals surface area (Å²) in [5.41, 5.74) is 5.74. The molecule has 9 nitrogen and oxygen atoms in total. The summed E-state index contributed by atoms with van der Waals surface area (Å²) in [5, 5.41) is 28.2. The third kappa shape index (κ3) is 5.05. The van der Waals surface area contributed by atoms with Crippen molar-refractivity contribution < 1.29 is 9.90 Å². The van der Waals surface area contributed by atoms with Gasteiger partial charge in [0.05, 0.1) is 13.0 Å². The van der Waals surface area contributed by atoms with E-state index in [0.29, 0.717) is 12.4 Å². The molecule has 0 spiro atoms. The molecular weight excluding hydrogens is 454 g/mol. The third-order valence-corrected chi connectivity index (χ3v) is 5.87. The van der Waals surface area contributed by atoms with Crippen LogP contribution in [0.5, 0.6) is 0 Å². The number of benzene rings is 3. The molecule has 2 aromatic heterocycles. The maximum absolute atomic E-state index is 11.0. The summed E-state index contributed by atoms with van der Waals surface area (Å²) >= 11 is 0. The average molecular weight is 480 g/mol. The van der Waals surface area contributed by atoms with Gasteiger partial charge in [-0.3, -0.25) is 4.79 Å². The normalized spacial score (nSPS) is 11.0. The van der Waals surface area contributed by atoms with Gasteiger partial charge in [-0.1, -0.05) is 79.7 Å². The minimum absolute atomic E-state index is 0.00372. The fraction of sp³-hybridized carbons (Fsp3) is 0.185. The standard InChI is InChI=1S/C27H25N7O2/c1-2-5-24-28-27(21-14-8-18(9-15-21)16-25(35)36)34(31-24)17-19-10-12-20(13-11-19)22-6-3-4-7-23(22)26-29-32-33-30-26/h3-4,6-15H,2,5,16-17H2,1H3,(H,35,36)(H,29,30,32,33). The highest BCUT2D eigenvalue weighted by molar-refractivity contribution is 5.80. The first-order valence-corrected chi connectivity index (χ1v) is 11.8. The molecule has 0 radical (unpaired) electrons. The van der Waals surface area contributed by atoms with Crippen LogP contribution in [0, 0.1) is 0 Å². The zero-order valence-electron chi connectivity index (χ0n) is 19.8. The lowest BCUT2D eigenvalue weighted by atomic mass is 9.98. The highest BCUT2D eigenvalue weighted by Gasteiger charge is 2.14. The van der Waals surface area contributed by atoms with E-state index < -0.39 is 5.97 Å². The van der Waals surface area contributed by atoms with E-state index in [2.05, 4.69) is 51.8 Å². The summed E-state index contributed by atoms with van der Waals surface area (Å²) in [6, 6.07) is 23.8. The van der Waals surface area contributed by atoms with E-state index >= 15 is 0 Å². The van der Waals surface area contributed by atoms with Gasteiger partial charge < -0.3 is 5.11 Å². The summed E-state index contributed by atoms with van der Waals surface area (Å²) in [5.74, 6) is 1.28. The number of aromatic nitrogens is 7. The Morgan fingerprint density at radius 1 is 0.917 bits per heavy atom. The molecule has 2 heterocycles. The summed E-state index contributed by atoms with van der Waals surface area (Å²) in [6.45, 7) is 2.67. The summed E-state index contributed by atoms with van der Waals surface area (Å²) < 4.78 is 1.92. The van der Waals surface area contributed by atoms with Crippen molar-refractivity contribution in [3.05, 3.63) is 89.7 Å². The minimum atomic E-state index is -0.848. The molecular formula is C27H25N7O2. The maximum Gasteiger partial charge on any atom is 0.307 e. The van der Waals surface area contributed by atoms with Gasteiger partial charge in [0.1, 0.15) is 0 Å². The zero-order valence-corrected chi connectivity index (χ0v) is 19.8. The van der Waals surface area contributed by atoms with E-state index in [4.69, 9.17) is 15.2 Å². The summed E-state index contributed by atoms with van der Waals surface area (Å²) in [7, 11) is 0. The van der Waals surface area contributed by atoms with E-state index in [0.717, 1.165) is 57.9 Å². The number of hydrogen-bond donors (Lipinski definition) is 2. The van der Waals surface area contributed by atoms with Crippen molar-refractivity contribution in [3.63, 3.8) is 0 Å². The molecule has 0 amide bonds. The van der Waals surface area contributed by atoms with Gasteiger partial charge in [0.15, 0.2) is 11.6 Å². The van der Waals surface area contributed by atoms with Gasteiger partial charge in [-0.25, -0.2) is 9.67 Å². The van der Waals surface area contributed by atoms with Gasteiger partial charge in [0, 0.05) is 17.5 Å². The summed E-state index contributed by atoms with van der Waals surface area (Å²) in [6.07, 6.45) is 1.74. The number of rotatable bonds is 9. The van der Waals surface area contributed by atoms with Crippen LogP contribution in [0.25, 0.3) is 33.9 Å². The maximum atomic E-state index is 11.0. The van der Waals surface area contributed by atoms with Crippen LogP contribution in [0.3, 0.4) is 0 Å². The van der Waals surface area contributed by atoms with E-state index in [1.807, 2.05) is 53.2 Å². The van der Waals surface area contributed by atoms with E-state index in [1.54, 1.807) is 0 Å². The number of aliphatic carboxylic acids is 1. The molecule has 0 aliphatic carbocycles. The van der Waals surface area contributed by atoms with Crippen LogP contribution < -0.4 is 0 Å². The Hall–Kier alpha value is -4.66. The Kier molecular flexibility index (Phi) is 6.61. The molecule has 0 saturated heterocycles. The van der Waals surface area contributed by atoms with Crippen molar-refractivity contribution in [2.45, 2.75) is 32.7 Å². The Balaban J connectivity index is 1.42. The highest BCUT2D eigenvalue weighted by atomic mass is 16.4. The highest BCUT2D eigenvalue weighted by Crippen LogP contribution is 2.30. The second-order valence-electron chi connectivity index (χ2n) is 8.50. The fourth-order valence-corrected chi connectivity index (χ4v) is 4.16. The number of H-pyrrole nitrogens is 1. The second kappa shape index (κ2) is 10.3. The smallest absolute Gasteiger partial charge is 0.307 e. The van der Waals surface area contributed by atoms with Gasteiger partial charge in [0.25, 0.3) is 0 Å². The molecule has 0 fully saturated rings. The number of nitrogens with one attached hydrogen (secondary N) is 1. The molecule has 0 bridgehead atoms. The largest absolute Gasteiger partial charge is 0.481 e. The molecule has 0 aliphatic rings. The topological polar surface area (TPSA) is 122 Å². The molecule has 36 heavy (non-hydrogen) atoms. The first kappa shape index (κ1) is 23.1. The van der Waals surface area contributed by atoms with Crippen LogP contribution in [0.1, 0.15) is 30.3 Å². The number of aryl methyl sites for hydroxylation is 1. The molecule has 5 rings (SSSR count). The van der Waals surface area contributed by atoms with Crippen molar-refractivity contribution in [1.82, 2.24) is 35.4 Å². The molecule has 3 aromatic carbocycles. The Morgan fingerprint density at radius 3 is 2.28 bits per heavy atom. The lowest BCUT2D eigenvalue weighted by Gasteiger charge is -2.10. The molecule has 0 atom stereocenters. The van der Waals surface area contributed by atoms with Gasteiger partial charge in [0.2, 0.25) is 5.82 Å². The fourth-order valence-electron chi connectivity index (χ4n) is 4.16. The number of hydrogen-bond acceptors (Lipinski definition) is 6. The van der Waals surface area contributed by atoms with Crippen LogP contribution >= 0.6 is 0 Å². The predicted octanol–water partition coefficient (Wildman–Crippen LogP) is 4.42. The number of carboxylic acid groups (broad SMARTS) is 1. The Bertz CT molecular complexity index is 1460. The lowest BCUT2D eigenvalue weighted by Crippen LogP contribution is -2.05. The van der Waals surface area contributed by atoms with Crippen LogP contribution in [-0.2, 0) is 24.2 Å². The van der Waals surface area contributed by atoms with Crippen molar-refractivity contribution >= 4 is 5.97 Å². The van der Waals surface area contributed by atoms with Crippen LogP contribution in [0.2, 0.25) is 0 Å². The first-order chi connectivity index (χ1) is 17.6. The SMILES string of the molecule is CCCc1nc(-c2ccc(CC(=O)O)cc2)n(Cc2ccc(-c3ccccc3-c3nn[nH]n3)cc2)n1. The number of carboxylic acids is 1. The number of aromatic amines is 1. The number of carbonyl (C=O) groups is 1. The van der Waals surface area contributed by atoms with Gasteiger partial charge in [-0.05, 0) is 33.9 Å². The average Bonchev–Trinajstić information content (AvgIpc) is 3.56. The van der Waals surface area contributed by atoms with Crippen LogP contribution in [-0.4, -0.2) is 46.5 Å². The second-order valence-corrected chi connectivity index (χ2v) is 8.50. The molecule has 0 aliphatic heterocycles. The molecule has 0 saturated carbocycles. The third-order valence-electron chi connectivity index (χ3n) is 5.87. The first-order valence-electron chi connectivity index (χ1n) is 11.8. The minimum Gasteiger partial charge on any atom is -0.481 e. The monoisotopic (exact) mass is 479 g/mol.